The molecular weight excluding hydrogens is 1160 g/mol. The number of ether oxygens (including phenoxy) is 8. The molecule has 6 aliphatic heterocycles. The summed E-state index contributed by atoms with van der Waals surface area (Å²) in [6.07, 6.45) is 0.145. The van der Waals surface area contributed by atoms with E-state index in [-0.39, 0.29) is 63.2 Å². The molecule has 0 radical (unpaired) electrons. The van der Waals surface area contributed by atoms with Crippen molar-refractivity contribution in [2.45, 2.75) is 156 Å². The molecule has 2 fully saturated rings. The number of alkyl carbamates (subject to hydrolysis) is 2. The normalized spacial score (nSPS) is 19.6. The Bertz CT molecular complexity index is 3430. The first-order valence-electron chi connectivity index (χ1n) is 30.5. The number of hydrogen-bond acceptors (Lipinski definition) is 16. The molecule has 474 valence electrons. The first-order chi connectivity index (χ1) is 42.9. The molecule has 1 unspecified atom stereocenters. The lowest BCUT2D eigenvalue weighted by atomic mass is 10.0. The summed E-state index contributed by atoms with van der Waals surface area (Å²) in [5, 5.41) is 5.59. The maximum atomic E-state index is 14.7. The van der Waals surface area contributed by atoms with Gasteiger partial charge in [-0.1, -0.05) is 76.2 Å². The third-order valence-corrected chi connectivity index (χ3v) is 16.7. The number of rotatable bonds is 13. The van der Waals surface area contributed by atoms with Crippen LogP contribution in [0.25, 0.3) is 33.6 Å². The molecule has 6 aliphatic rings. The Balaban J connectivity index is 0.729. The van der Waals surface area contributed by atoms with Gasteiger partial charge in [0.25, 0.3) is 0 Å². The summed E-state index contributed by atoms with van der Waals surface area (Å²) in [6, 6.07) is 20.3. The van der Waals surface area contributed by atoms with Crippen molar-refractivity contribution in [3.8, 4) is 56.6 Å². The molecule has 6 amide bonds. The number of aromatic nitrogens is 4. The lowest BCUT2D eigenvalue weighted by molar-refractivity contribution is -0.136. The maximum Gasteiger partial charge on any atom is 0.410 e. The number of nitrogens with zero attached hydrogens (tertiary/aromatic N) is 6. The first-order valence-corrected chi connectivity index (χ1v) is 30.5. The van der Waals surface area contributed by atoms with Crippen LogP contribution in [0, 0.1) is 11.8 Å². The third kappa shape index (κ3) is 13.0. The summed E-state index contributed by atoms with van der Waals surface area (Å²) in [5.41, 5.74) is 7.07. The molecule has 24 nitrogen and oxygen atoms in total. The highest BCUT2D eigenvalue weighted by molar-refractivity contribution is 5.88. The summed E-state index contributed by atoms with van der Waals surface area (Å²) in [6.45, 7) is 19.7. The molecule has 0 spiro atoms. The molecule has 24 heteroatoms. The number of fused-ring (bicyclic) bond motifs is 4. The van der Waals surface area contributed by atoms with Crippen molar-refractivity contribution in [1.29, 1.82) is 0 Å². The number of imidazole rings is 2. The van der Waals surface area contributed by atoms with Crippen molar-refractivity contribution < 1.29 is 66.7 Å². The fourth-order valence-corrected chi connectivity index (χ4v) is 12.3. The highest BCUT2D eigenvalue weighted by atomic mass is 16.7. The van der Waals surface area contributed by atoms with Gasteiger partial charge < -0.3 is 68.3 Å². The Hall–Kier alpha value is -9.48. The Morgan fingerprint density at radius 2 is 0.944 bits per heavy atom. The van der Waals surface area contributed by atoms with Crippen molar-refractivity contribution in [2.75, 3.05) is 26.7 Å². The number of amides is 6. The molecule has 2 saturated heterocycles. The Morgan fingerprint density at radius 1 is 0.556 bits per heavy atom. The lowest BCUT2D eigenvalue weighted by Crippen LogP contribution is -2.52. The van der Waals surface area contributed by atoms with Crippen LogP contribution in [-0.4, -0.2) is 138 Å². The predicted molar refractivity (Wildman–Crippen MR) is 325 cm³/mol. The number of benzene rings is 4. The van der Waals surface area contributed by atoms with E-state index in [1.807, 2.05) is 100 Å². The van der Waals surface area contributed by atoms with Gasteiger partial charge in [-0.05, 0) is 117 Å². The van der Waals surface area contributed by atoms with Gasteiger partial charge in [0.2, 0.25) is 25.4 Å². The number of aromatic amines is 2. The van der Waals surface area contributed by atoms with Crippen LogP contribution < -0.4 is 29.6 Å². The second-order valence-corrected chi connectivity index (χ2v) is 26.4. The molecule has 4 N–H and O–H groups in total. The summed E-state index contributed by atoms with van der Waals surface area (Å²) in [4.78, 5) is 106. The van der Waals surface area contributed by atoms with Gasteiger partial charge in [0.1, 0.15) is 47.1 Å². The Morgan fingerprint density at radius 3 is 1.34 bits per heavy atom. The van der Waals surface area contributed by atoms with Crippen molar-refractivity contribution in [2.24, 2.45) is 11.8 Å². The monoisotopic (exact) mass is 1230 g/mol. The molecule has 8 heterocycles. The average Bonchev–Trinajstić information content (AvgIpc) is 1.73. The minimum atomic E-state index is -0.952. The van der Waals surface area contributed by atoms with E-state index < -0.39 is 72.0 Å². The topological polar surface area (TPSA) is 271 Å². The van der Waals surface area contributed by atoms with Crippen molar-refractivity contribution >= 4 is 36.2 Å². The van der Waals surface area contributed by atoms with E-state index in [4.69, 9.17) is 47.9 Å². The first kappa shape index (κ1) is 60.8. The minimum Gasteiger partial charge on any atom is -0.454 e. The number of carbonyl (C=O) groups excluding carboxylic acids is 6. The van der Waals surface area contributed by atoms with Crippen LogP contribution in [0.5, 0.6) is 23.0 Å². The van der Waals surface area contributed by atoms with Gasteiger partial charge in [-0.15, -0.1) is 0 Å². The Labute approximate surface area is 521 Å². The van der Waals surface area contributed by atoms with Gasteiger partial charge in [-0.2, -0.15) is 0 Å². The predicted octanol–water partition coefficient (Wildman–Crippen LogP) is 10.3. The second kappa shape index (κ2) is 24.1. The third-order valence-electron chi connectivity index (χ3n) is 16.7. The highest BCUT2D eigenvalue weighted by Crippen LogP contribution is 2.42. The van der Waals surface area contributed by atoms with Crippen LogP contribution in [0.3, 0.4) is 0 Å². The van der Waals surface area contributed by atoms with E-state index in [0.29, 0.717) is 72.2 Å². The molecule has 0 aliphatic carbocycles. The SMILES string of the molecule is CC(C)[C@H](NC(=O)OC(C)(C)C)C(=O)N1C[C@H](OC(=O)N2Cc3cc4c(cc3C2)OCO4)CC1c1ncc(-c2ccc(-c3ccc(-c4c[nH]c([C@@H]5C[C@@H](OC(=O)N6Cc7cc8c(cc7C6)OCO8)CN5C(=O)[C@@H](NC(=O)OC(C)(C)C)C(C)C)n4)cc3)cc2)[nH]1. The van der Waals surface area contributed by atoms with Crippen LogP contribution in [0.1, 0.15) is 128 Å². The highest BCUT2D eigenvalue weighted by Gasteiger charge is 2.46. The number of likely N-dealkylation sites (tertiary alicyclic amines) is 2. The van der Waals surface area contributed by atoms with Gasteiger partial charge in [0.05, 0.1) is 42.8 Å². The summed E-state index contributed by atoms with van der Waals surface area (Å²) >= 11 is 0. The van der Waals surface area contributed by atoms with E-state index in [1.54, 1.807) is 73.5 Å². The number of H-pyrrole nitrogens is 2. The largest absolute Gasteiger partial charge is 0.454 e. The average molecular weight is 1230 g/mol. The van der Waals surface area contributed by atoms with Gasteiger partial charge in [-0.25, -0.2) is 29.1 Å². The van der Waals surface area contributed by atoms with E-state index in [9.17, 15) is 28.8 Å². The van der Waals surface area contributed by atoms with Gasteiger partial charge >= 0.3 is 24.4 Å². The summed E-state index contributed by atoms with van der Waals surface area (Å²) < 4.78 is 45.7. The van der Waals surface area contributed by atoms with Gasteiger partial charge in [-0.3, -0.25) is 19.4 Å². The molecule has 2 aromatic heterocycles. The number of carbonyl (C=O) groups is 6. The molecule has 0 saturated carbocycles. The zero-order valence-corrected chi connectivity index (χ0v) is 52.2. The number of nitrogens with one attached hydrogen (secondary N) is 4. The van der Waals surface area contributed by atoms with E-state index in [0.717, 1.165) is 44.5 Å². The van der Waals surface area contributed by atoms with Gasteiger partial charge in [0, 0.05) is 50.8 Å². The number of hydrogen-bond donors (Lipinski definition) is 4. The zero-order chi connectivity index (χ0) is 63.5. The van der Waals surface area contributed by atoms with Crippen molar-refractivity contribution in [3.63, 3.8) is 0 Å². The van der Waals surface area contributed by atoms with Crippen LogP contribution in [0.15, 0.2) is 85.2 Å². The van der Waals surface area contributed by atoms with E-state index in [1.165, 1.54) is 0 Å². The van der Waals surface area contributed by atoms with Crippen LogP contribution in [0.4, 0.5) is 19.2 Å². The zero-order valence-electron chi connectivity index (χ0n) is 52.2. The molecule has 0 bridgehead atoms. The van der Waals surface area contributed by atoms with Crippen LogP contribution in [-0.2, 0) is 54.7 Å². The van der Waals surface area contributed by atoms with Crippen molar-refractivity contribution in [1.82, 2.24) is 50.2 Å². The molecule has 90 heavy (non-hydrogen) atoms. The van der Waals surface area contributed by atoms with Gasteiger partial charge in [0.15, 0.2) is 23.0 Å². The van der Waals surface area contributed by atoms with Crippen LogP contribution >= 0.6 is 0 Å². The standard InChI is InChI=1S/C66H76N10O14/c1-35(2)55(71-61(79)89-65(5,6)7)59(77)75-31-45(87-63(81)73-27-41-19-51-52(84-33-83-51)20-42(41)28-73)23-49(75)57-67-25-47(69-57)39-15-11-37(12-16-39)38-13-17-40(18-14-38)48-26-68-58(70-48)50-24-46(32-76(50)60(78)56(36(3)4)72-62(80)90-66(8,9)10)88-64(82)74-29-43-21-53-54(86-34-85-53)22-44(43)30-74/h11-22,25-26,35-36,45-46,49-50,55-56H,23-24,27-34H2,1-10H3,(H,67,69)(H,68,70)(H,71,79)(H,72,80)/t45-,46-,49+,50?,55+,56+/m1/s1. The van der Waals surface area contributed by atoms with E-state index >= 15 is 0 Å². The molecule has 4 aromatic carbocycles. The van der Waals surface area contributed by atoms with E-state index in [2.05, 4.69) is 20.6 Å². The second-order valence-electron chi connectivity index (χ2n) is 26.4. The van der Waals surface area contributed by atoms with Crippen LogP contribution in [0.2, 0.25) is 0 Å². The summed E-state index contributed by atoms with van der Waals surface area (Å²) in [5.74, 6) is 2.17. The quantitative estimate of drug-likeness (QED) is 0.0783. The molecule has 6 aromatic rings. The van der Waals surface area contributed by atoms with Crippen molar-refractivity contribution in [3.05, 3.63) is 119 Å². The molecule has 12 rings (SSSR count). The lowest BCUT2D eigenvalue weighted by Gasteiger charge is -2.31. The Kier molecular flexibility index (Phi) is 16.3. The smallest absolute Gasteiger partial charge is 0.410 e. The maximum absolute atomic E-state index is 14.7. The minimum absolute atomic E-state index is 0.0656. The fourth-order valence-electron chi connectivity index (χ4n) is 12.3. The molecular formula is C66H76N10O14. The summed E-state index contributed by atoms with van der Waals surface area (Å²) in [7, 11) is 0. The fraction of sp³-hybridized carbons (Fsp3) is 0.455. The molecule has 6 atom stereocenters.